The Bertz CT molecular complexity index is 1400. The van der Waals surface area contributed by atoms with E-state index in [1.807, 2.05) is 31.2 Å². The first-order valence-electron chi connectivity index (χ1n) is 10.7. The van der Waals surface area contributed by atoms with Gasteiger partial charge in [0.1, 0.15) is 30.0 Å². The molecule has 8 heteroatoms. The maximum atomic E-state index is 13.0. The Kier molecular flexibility index (Phi) is 6.42. The minimum absolute atomic E-state index is 0.0773. The Hall–Kier alpha value is -3.49. The van der Waals surface area contributed by atoms with Crippen molar-refractivity contribution in [1.82, 2.24) is 0 Å². The number of ether oxygens (including phenoxy) is 5. The van der Waals surface area contributed by atoms with Crippen molar-refractivity contribution < 1.29 is 28.1 Å². The van der Waals surface area contributed by atoms with Gasteiger partial charge in [0.05, 0.1) is 18.6 Å². The topological polar surface area (TPSA) is 76.4 Å². The van der Waals surface area contributed by atoms with Crippen LogP contribution in [0.2, 0.25) is 0 Å². The van der Waals surface area contributed by atoms with Crippen LogP contribution in [0.15, 0.2) is 74.5 Å². The summed E-state index contributed by atoms with van der Waals surface area (Å²) < 4.78 is 35.0. The maximum absolute atomic E-state index is 13.0. The van der Waals surface area contributed by atoms with Crippen molar-refractivity contribution in [3.05, 3.63) is 86.7 Å². The third kappa shape index (κ3) is 4.60. The lowest BCUT2D eigenvalue weighted by molar-refractivity contribution is -0.0176. The smallest absolute Gasteiger partial charge is 0.235 e. The van der Waals surface area contributed by atoms with Crippen LogP contribution in [0.4, 0.5) is 0 Å². The molecule has 0 amide bonds. The van der Waals surface area contributed by atoms with Gasteiger partial charge < -0.3 is 28.1 Å². The summed E-state index contributed by atoms with van der Waals surface area (Å²) >= 11 is 3.52. The lowest BCUT2D eigenvalue weighted by Gasteiger charge is -2.21. The first-order chi connectivity index (χ1) is 16.6. The normalized spacial score (nSPS) is 12.6. The fraction of sp³-hybridized carbons (Fsp3) is 0.192. The molecule has 174 valence electrons. The number of para-hydroxylation sites is 2. The maximum Gasteiger partial charge on any atom is 0.235 e. The third-order valence-corrected chi connectivity index (χ3v) is 5.69. The molecule has 0 saturated heterocycles. The molecule has 0 spiro atoms. The van der Waals surface area contributed by atoms with Crippen LogP contribution in [-0.4, -0.2) is 13.4 Å². The van der Waals surface area contributed by atoms with E-state index >= 15 is 0 Å². The van der Waals surface area contributed by atoms with E-state index in [4.69, 9.17) is 28.1 Å². The molecule has 0 fully saturated rings. The number of rotatable bonds is 7. The SMILES string of the molecule is CCOc1ccccc1Oc1coc2cc(OCc3cc(Br)cc4c3OCOC4)ccc2c1=O. The van der Waals surface area contributed by atoms with Crippen molar-refractivity contribution in [1.29, 1.82) is 0 Å². The molecule has 0 saturated carbocycles. The molecule has 4 aromatic rings. The molecule has 2 heterocycles. The predicted octanol–water partition coefficient (Wildman–Crippen LogP) is 6.19. The number of halogens is 1. The lowest BCUT2D eigenvalue weighted by atomic mass is 10.1. The highest BCUT2D eigenvalue weighted by atomic mass is 79.9. The van der Waals surface area contributed by atoms with Crippen LogP contribution in [0, 0.1) is 0 Å². The number of hydrogen-bond acceptors (Lipinski definition) is 7. The van der Waals surface area contributed by atoms with Crippen molar-refractivity contribution in [3.8, 4) is 28.7 Å². The molecule has 0 unspecified atom stereocenters. The van der Waals surface area contributed by atoms with Crippen molar-refractivity contribution in [2.75, 3.05) is 13.4 Å². The van der Waals surface area contributed by atoms with Gasteiger partial charge in [-0.3, -0.25) is 4.79 Å². The van der Waals surface area contributed by atoms with Crippen LogP contribution in [0.25, 0.3) is 11.0 Å². The van der Waals surface area contributed by atoms with Gasteiger partial charge in [0.2, 0.25) is 11.2 Å². The molecule has 1 aliphatic rings. The van der Waals surface area contributed by atoms with Gasteiger partial charge in [-0.1, -0.05) is 28.1 Å². The van der Waals surface area contributed by atoms with Crippen LogP contribution < -0.4 is 24.4 Å². The second-order valence-electron chi connectivity index (χ2n) is 7.52. The summed E-state index contributed by atoms with van der Waals surface area (Å²) in [6.07, 6.45) is 1.30. The largest absolute Gasteiger partial charge is 0.490 e. The average Bonchev–Trinajstić information content (AvgIpc) is 2.85. The van der Waals surface area contributed by atoms with E-state index in [9.17, 15) is 4.79 Å². The van der Waals surface area contributed by atoms with Crippen LogP contribution in [0.1, 0.15) is 18.1 Å². The molecular formula is C26H21BrO7. The number of fused-ring (bicyclic) bond motifs is 2. The Morgan fingerprint density at radius 3 is 2.71 bits per heavy atom. The second-order valence-corrected chi connectivity index (χ2v) is 8.44. The highest BCUT2D eigenvalue weighted by Gasteiger charge is 2.17. The van der Waals surface area contributed by atoms with Gasteiger partial charge >= 0.3 is 0 Å². The van der Waals surface area contributed by atoms with E-state index in [-0.39, 0.29) is 24.6 Å². The van der Waals surface area contributed by atoms with Gasteiger partial charge in [-0.2, -0.15) is 0 Å². The first kappa shape index (κ1) is 22.3. The predicted molar refractivity (Wildman–Crippen MR) is 129 cm³/mol. The summed E-state index contributed by atoms with van der Waals surface area (Å²) in [6.45, 7) is 3.35. The van der Waals surface area contributed by atoms with E-state index in [0.717, 1.165) is 21.3 Å². The first-order valence-corrected chi connectivity index (χ1v) is 11.5. The quantitative estimate of drug-likeness (QED) is 0.285. The Morgan fingerprint density at radius 2 is 1.85 bits per heavy atom. The van der Waals surface area contributed by atoms with Gasteiger partial charge in [0.15, 0.2) is 18.3 Å². The lowest BCUT2D eigenvalue weighted by Crippen LogP contribution is -2.14. The molecule has 7 nitrogen and oxygen atoms in total. The molecule has 5 rings (SSSR count). The summed E-state index contributed by atoms with van der Waals surface area (Å²) in [4.78, 5) is 13.0. The summed E-state index contributed by atoms with van der Waals surface area (Å²) in [7, 11) is 0. The second kappa shape index (κ2) is 9.79. The highest BCUT2D eigenvalue weighted by Crippen LogP contribution is 2.34. The summed E-state index contributed by atoms with van der Waals surface area (Å²) in [6, 6.07) is 16.2. The molecule has 0 N–H and O–H groups in total. The number of benzene rings is 3. The average molecular weight is 525 g/mol. The molecule has 3 aromatic carbocycles. The van der Waals surface area contributed by atoms with Gasteiger partial charge in [-0.15, -0.1) is 0 Å². The highest BCUT2D eigenvalue weighted by molar-refractivity contribution is 9.10. The van der Waals surface area contributed by atoms with Crippen LogP contribution in [0.5, 0.6) is 28.7 Å². The zero-order chi connectivity index (χ0) is 23.5. The van der Waals surface area contributed by atoms with E-state index in [0.29, 0.717) is 41.4 Å². The molecule has 0 bridgehead atoms. The number of hydrogen-bond donors (Lipinski definition) is 0. The van der Waals surface area contributed by atoms with E-state index in [1.165, 1.54) is 6.26 Å². The Labute approximate surface area is 203 Å². The third-order valence-electron chi connectivity index (χ3n) is 5.23. The van der Waals surface area contributed by atoms with Gasteiger partial charge in [-0.05, 0) is 43.3 Å². The standard InChI is InChI=1S/C26H21BrO7/c1-2-30-21-5-3-4-6-22(21)34-24-14-32-23-11-19(7-8-20(23)25(24)28)31-13-17-10-18(27)9-16-12-29-15-33-26(16)17/h3-11,14H,2,12-13,15H2,1H3. The van der Waals surface area contributed by atoms with Gasteiger partial charge in [0.25, 0.3) is 0 Å². The Morgan fingerprint density at radius 1 is 1.00 bits per heavy atom. The Balaban J connectivity index is 1.37. The summed E-state index contributed by atoms with van der Waals surface area (Å²) in [5, 5.41) is 0.388. The van der Waals surface area contributed by atoms with Crippen LogP contribution in [0.3, 0.4) is 0 Å². The van der Waals surface area contributed by atoms with E-state index in [2.05, 4.69) is 15.9 Å². The monoisotopic (exact) mass is 524 g/mol. The van der Waals surface area contributed by atoms with Crippen molar-refractivity contribution >= 4 is 26.9 Å². The minimum atomic E-state index is -0.284. The molecule has 0 radical (unpaired) electrons. The molecule has 1 aliphatic heterocycles. The van der Waals surface area contributed by atoms with Crippen molar-refractivity contribution in [2.24, 2.45) is 0 Å². The minimum Gasteiger partial charge on any atom is -0.490 e. The van der Waals surface area contributed by atoms with Gasteiger partial charge in [-0.25, -0.2) is 0 Å². The zero-order valence-corrected chi connectivity index (χ0v) is 19.9. The summed E-state index contributed by atoms with van der Waals surface area (Å²) in [5.41, 5.74) is 1.97. The fourth-order valence-electron chi connectivity index (χ4n) is 3.70. The zero-order valence-electron chi connectivity index (χ0n) is 18.3. The molecule has 0 aliphatic carbocycles. The molecule has 0 atom stereocenters. The summed E-state index contributed by atoms with van der Waals surface area (Å²) in [5.74, 6) is 2.41. The van der Waals surface area contributed by atoms with Crippen molar-refractivity contribution in [3.63, 3.8) is 0 Å². The van der Waals surface area contributed by atoms with E-state index in [1.54, 1.807) is 30.3 Å². The van der Waals surface area contributed by atoms with Gasteiger partial charge in [0, 0.05) is 21.7 Å². The van der Waals surface area contributed by atoms with Crippen molar-refractivity contribution in [2.45, 2.75) is 20.1 Å². The molecular weight excluding hydrogens is 504 g/mol. The van der Waals surface area contributed by atoms with E-state index < -0.39 is 0 Å². The van der Waals surface area contributed by atoms with Crippen LogP contribution >= 0.6 is 15.9 Å². The molecule has 1 aromatic heterocycles. The van der Waals surface area contributed by atoms with Crippen LogP contribution in [-0.2, 0) is 18.0 Å². The molecule has 34 heavy (non-hydrogen) atoms. The fourth-order valence-corrected chi connectivity index (χ4v) is 4.26.